The highest BCUT2D eigenvalue weighted by Crippen LogP contribution is 2.29. The maximum atomic E-state index is 9.00. The molecule has 0 aliphatic heterocycles. The fourth-order valence-electron chi connectivity index (χ4n) is 1.44. The van der Waals surface area contributed by atoms with Crippen molar-refractivity contribution in [3.05, 3.63) is 52.5 Å². The Bertz CT molecular complexity index is 588. The van der Waals surface area contributed by atoms with Crippen molar-refractivity contribution >= 4 is 15.9 Å². The highest BCUT2D eigenvalue weighted by atomic mass is 79.9. The van der Waals surface area contributed by atoms with Crippen molar-refractivity contribution in [2.24, 2.45) is 0 Å². The predicted molar refractivity (Wildman–Crippen MR) is 71.9 cm³/mol. The van der Waals surface area contributed by atoms with Crippen LogP contribution in [0, 0.1) is 11.3 Å². The van der Waals surface area contributed by atoms with Crippen LogP contribution in [0.15, 0.2) is 46.9 Å². The number of benzene rings is 2. The zero-order valence-electron chi connectivity index (χ0n) is 9.68. The second kappa shape index (κ2) is 5.56. The number of hydrogen-bond donors (Lipinski definition) is 0. The van der Waals surface area contributed by atoms with Crippen molar-refractivity contribution in [1.29, 1.82) is 5.26 Å². The molecule has 0 spiro atoms. The van der Waals surface area contributed by atoms with Crippen LogP contribution in [-0.4, -0.2) is 7.11 Å². The minimum atomic E-state index is 0.494. The lowest BCUT2D eigenvalue weighted by atomic mass is 10.2. The van der Waals surface area contributed by atoms with Crippen LogP contribution in [0.5, 0.6) is 17.2 Å². The quantitative estimate of drug-likeness (QED) is 0.856. The third-order valence-electron chi connectivity index (χ3n) is 2.35. The van der Waals surface area contributed by atoms with E-state index in [1.807, 2.05) is 0 Å². The molecule has 0 heterocycles. The molecule has 0 saturated carbocycles. The van der Waals surface area contributed by atoms with Gasteiger partial charge in [0.1, 0.15) is 23.3 Å². The number of nitrogens with zero attached hydrogens (tertiary/aromatic N) is 1. The Labute approximate surface area is 114 Å². The molecule has 0 aliphatic carbocycles. The molecule has 0 aromatic heterocycles. The summed E-state index contributed by atoms with van der Waals surface area (Å²) in [4.78, 5) is 0. The van der Waals surface area contributed by atoms with E-state index in [4.69, 9.17) is 14.7 Å². The first kappa shape index (κ1) is 12.5. The van der Waals surface area contributed by atoms with Crippen LogP contribution >= 0.6 is 15.9 Å². The number of nitriles is 1. The van der Waals surface area contributed by atoms with Crippen molar-refractivity contribution in [2.45, 2.75) is 0 Å². The van der Waals surface area contributed by atoms with E-state index in [1.54, 1.807) is 49.6 Å². The molecule has 2 aromatic rings. The van der Waals surface area contributed by atoms with Crippen molar-refractivity contribution < 1.29 is 9.47 Å². The average molecular weight is 304 g/mol. The number of methoxy groups -OCH3 is 1. The van der Waals surface area contributed by atoms with Crippen LogP contribution in [-0.2, 0) is 0 Å². The summed E-state index contributed by atoms with van der Waals surface area (Å²) in [7, 11) is 1.61. The fourth-order valence-corrected chi connectivity index (χ4v) is 1.78. The molecule has 2 aromatic carbocycles. The normalized spacial score (nSPS) is 9.61. The Morgan fingerprint density at radius 1 is 1.06 bits per heavy atom. The fraction of sp³-hybridized carbons (Fsp3) is 0.0714. The molecular formula is C14H10BrNO2. The predicted octanol–water partition coefficient (Wildman–Crippen LogP) is 4.12. The lowest BCUT2D eigenvalue weighted by molar-refractivity contribution is 0.413. The Morgan fingerprint density at radius 3 is 2.33 bits per heavy atom. The monoisotopic (exact) mass is 303 g/mol. The number of hydrogen-bond acceptors (Lipinski definition) is 3. The average Bonchev–Trinajstić information content (AvgIpc) is 2.40. The van der Waals surface area contributed by atoms with Gasteiger partial charge in [-0.15, -0.1) is 0 Å². The lowest BCUT2D eigenvalue weighted by Crippen LogP contribution is -1.89. The standard InChI is InChI=1S/C14H10BrNO2/c1-17-12-4-6-13(7-5-12)18-14-8-11(15)3-2-10(14)9-16/h2-8H,1H3. The molecule has 0 N–H and O–H groups in total. The van der Waals surface area contributed by atoms with Crippen LogP contribution in [0.4, 0.5) is 0 Å². The van der Waals surface area contributed by atoms with Gasteiger partial charge in [0, 0.05) is 4.47 Å². The number of rotatable bonds is 3. The molecule has 0 amide bonds. The van der Waals surface area contributed by atoms with Gasteiger partial charge in [0.2, 0.25) is 0 Å². The second-order valence-corrected chi connectivity index (χ2v) is 4.45. The zero-order chi connectivity index (χ0) is 13.0. The van der Waals surface area contributed by atoms with Gasteiger partial charge < -0.3 is 9.47 Å². The van der Waals surface area contributed by atoms with Gasteiger partial charge in [-0.1, -0.05) is 15.9 Å². The summed E-state index contributed by atoms with van der Waals surface area (Å²) in [5.74, 6) is 1.94. The Hall–Kier alpha value is -1.99. The molecule has 0 bridgehead atoms. The summed E-state index contributed by atoms with van der Waals surface area (Å²) < 4.78 is 11.6. The van der Waals surface area contributed by atoms with Crippen LogP contribution in [0.2, 0.25) is 0 Å². The highest BCUT2D eigenvalue weighted by molar-refractivity contribution is 9.10. The molecule has 18 heavy (non-hydrogen) atoms. The van der Waals surface area contributed by atoms with Gasteiger partial charge in [0.05, 0.1) is 12.7 Å². The summed E-state index contributed by atoms with van der Waals surface area (Å²) in [6.45, 7) is 0. The SMILES string of the molecule is COc1ccc(Oc2cc(Br)ccc2C#N)cc1. The highest BCUT2D eigenvalue weighted by Gasteiger charge is 2.05. The van der Waals surface area contributed by atoms with Gasteiger partial charge in [-0.2, -0.15) is 5.26 Å². The first-order valence-corrected chi connectivity index (χ1v) is 6.04. The summed E-state index contributed by atoms with van der Waals surface area (Å²) >= 11 is 3.35. The van der Waals surface area contributed by atoms with E-state index < -0.39 is 0 Å². The van der Waals surface area contributed by atoms with Crippen molar-refractivity contribution in [3.63, 3.8) is 0 Å². The van der Waals surface area contributed by atoms with E-state index >= 15 is 0 Å². The molecule has 2 rings (SSSR count). The molecule has 0 atom stereocenters. The summed E-state index contributed by atoms with van der Waals surface area (Å²) in [6.07, 6.45) is 0. The first-order chi connectivity index (χ1) is 8.72. The Kier molecular flexibility index (Phi) is 3.85. The van der Waals surface area contributed by atoms with E-state index in [1.165, 1.54) is 0 Å². The molecular weight excluding hydrogens is 294 g/mol. The third kappa shape index (κ3) is 2.82. The van der Waals surface area contributed by atoms with Gasteiger partial charge in [0.15, 0.2) is 0 Å². The van der Waals surface area contributed by atoms with Gasteiger partial charge in [-0.25, -0.2) is 0 Å². The van der Waals surface area contributed by atoms with Gasteiger partial charge in [0.25, 0.3) is 0 Å². The van der Waals surface area contributed by atoms with E-state index in [9.17, 15) is 0 Å². The maximum Gasteiger partial charge on any atom is 0.146 e. The summed E-state index contributed by atoms with van der Waals surface area (Å²) in [5, 5.41) is 9.00. The molecule has 4 heteroatoms. The van der Waals surface area contributed by atoms with E-state index in [2.05, 4.69) is 22.0 Å². The first-order valence-electron chi connectivity index (χ1n) is 5.24. The smallest absolute Gasteiger partial charge is 0.146 e. The molecule has 0 aliphatic rings. The van der Waals surface area contributed by atoms with Crippen LogP contribution < -0.4 is 9.47 Å². The van der Waals surface area contributed by atoms with Crippen molar-refractivity contribution in [1.82, 2.24) is 0 Å². The molecule has 0 fully saturated rings. The summed E-state index contributed by atoms with van der Waals surface area (Å²) in [6, 6.07) is 14.6. The van der Waals surface area contributed by atoms with Crippen molar-refractivity contribution in [3.8, 4) is 23.3 Å². The second-order valence-electron chi connectivity index (χ2n) is 3.53. The van der Waals surface area contributed by atoms with Gasteiger partial charge in [-0.05, 0) is 42.5 Å². The molecule has 0 radical (unpaired) electrons. The molecule has 0 unspecified atom stereocenters. The Morgan fingerprint density at radius 2 is 1.72 bits per heavy atom. The van der Waals surface area contributed by atoms with Gasteiger partial charge in [-0.3, -0.25) is 0 Å². The maximum absolute atomic E-state index is 9.00. The lowest BCUT2D eigenvalue weighted by Gasteiger charge is -2.08. The minimum Gasteiger partial charge on any atom is -0.497 e. The number of halogens is 1. The number of ether oxygens (including phenoxy) is 2. The van der Waals surface area contributed by atoms with Gasteiger partial charge >= 0.3 is 0 Å². The zero-order valence-corrected chi connectivity index (χ0v) is 11.3. The van der Waals surface area contributed by atoms with E-state index in [0.29, 0.717) is 17.1 Å². The third-order valence-corrected chi connectivity index (χ3v) is 2.84. The van der Waals surface area contributed by atoms with E-state index in [-0.39, 0.29) is 0 Å². The molecule has 0 saturated heterocycles. The van der Waals surface area contributed by atoms with Crippen molar-refractivity contribution in [2.75, 3.05) is 7.11 Å². The van der Waals surface area contributed by atoms with Crippen LogP contribution in [0.1, 0.15) is 5.56 Å². The molecule has 90 valence electrons. The minimum absolute atomic E-state index is 0.494. The Balaban J connectivity index is 2.27. The van der Waals surface area contributed by atoms with E-state index in [0.717, 1.165) is 10.2 Å². The largest absolute Gasteiger partial charge is 0.497 e. The van der Waals surface area contributed by atoms with Crippen LogP contribution in [0.25, 0.3) is 0 Å². The summed E-state index contributed by atoms with van der Waals surface area (Å²) in [5.41, 5.74) is 0.494. The topological polar surface area (TPSA) is 42.2 Å². The molecule has 3 nitrogen and oxygen atoms in total. The van der Waals surface area contributed by atoms with Crippen LogP contribution in [0.3, 0.4) is 0 Å².